The van der Waals surface area contributed by atoms with Gasteiger partial charge in [-0.25, -0.2) is 4.79 Å². The van der Waals surface area contributed by atoms with E-state index in [2.05, 4.69) is 0 Å². The van der Waals surface area contributed by atoms with Gasteiger partial charge in [0.05, 0.1) is 6.04 Å². The molecule has 2 heterocycles. The van der Waals surface area contributed by atoms with E-state index in [0.29, 0.717) is 10.8 Å². The number of cyclic esters (lactones) is 1. The summed E-state index contributed by atoms with van der Waals surface area (Å²) in [6.45, 7) is -3.27. The van der Waals surface area contributed by atoms with Crippen LogP contribution < -0.4 is 5.31 Å². The van der Waals surface area contributed by atoms with Gasteiger partial charge in [-0.2, -0.15) is 0 Å². The number of nitrogens with one attached hydrogen (secondary N) is 2. The number of alkyl carbamates (subject to hydrolysis) is 1. The first-order chi connectivity index (χ1) is 13.7. The summed E-state index contributed by atoms with van der Waals surface area (Å²) in [6, 6.07) is 3.05. The molecule has 1 atom stereocenters. The number of likely N-dealkylation sites (N-methyl/N-ethyl adjacent to an activating group) is 1. The maximum absolute atomic E-state index is 11.5. The number of aromatic amines is 1. The predicted molar refractivity (Wildman–Crippen MR) is 82.5 cm³/mol. The Bertz CT molecular complexity index is 973. The first kappa shape index (κ1) is 6.83. The summed E-state index contributed by atoms with van der Waals surface area (Å²) in [7, 11) is 1.27. The zero-order valence-corrected chi connectivity index (χ0v) is 11.5. The van der Waals surface area contributed by atoms with Crippen LogP contribution in [0.4, 0.5) is 4.79 Å². The number of hydrogen-bond acceptors (Lipinski definition) is 3. The van der Waals surface area contributed by atoms with E-state index in [1.54, 1.807) is 0 Å². The third-order valence-electron chi connectivity index (χ3n) is 3.09. The van der Waals surface area contributed by atoms with Crippen molar-refractivity contribution in [3.05, 3.63) is 35.5 Å². The SMILES string of the molecule is [2H]N1C(=O)OC[C@@H]1C([2H])([2H])c1ccc2c(c1)c(C([2H])([2H])CN(C)C([2H])([2H])[2H])cn2[2H]. The molecular weight excluding hydrogens is 266 g/mol. The monoisotopic (exact) mass is 296 g/mol. The second-order valence-corrected chi connectivity index (χ2v) is 4.80. The number of benzene rings is 1. The summed E-state index contributed by atoms with van der Waals surface area (Å²) >= 11 is 0. The van der Waals surface area contributed by atoms with Gasteiger partial charge < -0.3 is 19.9 Å². The molecule has 0 aliphatic carbocycles. The molecule has 1 aliphatic rings. The smallest absolute Gasteiger partial charge is 0.407 e. The van der Waals surface area contributed by atoms with Gasteiger partial charge in [0.1, 0.15) is 6.61 Å². The van der Waals surface area contributed by atoms with E-state index in [4.69, 9.17) is 17.2 Å². The summed E-state index contributed by atoms with van der Waals surface area (Å²) in [5, 5.41) is 0.683. The van der Waals surface area contributed by atoms with E-state index in [-0.39, 0.29) is 23.1 Å². The van der Waals surface area contributed by atoms with Crippen LogP contribution in [-0.4, -0.2) is 49.2 Å². The molecule has 21 heavy (non-hydrogen) atoms. The maximum atomic E-state index is 11.5. The van der Waals surface area contributed by atoms with E-state index in [9.17, 15) is 4.79 Å². The predicted octanol–water partition coefficient (Wildman–Crippen LogP) is 1.92. The molecule has 1 aliphatic heterocycles. The van der Waals surface area contributed by atoms with Crippen LogP contribution in [0.5, 0.6) is 0 Å². The average molecular weight is 296 g/mol. The van der Waals surface area contributed by atoms with E-state index >= 15 is 0 Å². The number of amides is 1. The lowest BCUT2D eigenvalue weighted by atomic mass is 10.0. The molecule has 1 saturated heterocycles. The summed E-state index contributed by atoms with van der Waals surface area (Å²) in [6.07, 6.45) is -4.04. The van der Waals surface area contributed by atoms with Crippen molar-refractivity contribution in [2.75, 3.05) is 27.2 Å². The first-order valence-corrected chi connectivity index (χ1v) is 6.47. The Morgan fingerprint density at radius 1 is 1.62 bits per heavy atom. The molecule has 0 spiro atoms. The molecule has 2 aromatic rings. The average Bonchev–Trinajstić information content (AvgIpc) is 3.14. The Kier molecular flexibility index (Phi) is 1.88. The van der Waals surface area contributed by atoms with Crippen molar-refractivity contribution in [1.82, 2.24) is 15.2 Å². The van der Waals surface area contributed by atoms with Crippen molar-refractivity contribution in [2.24, 2.45) is 0 Å². The third-order valence-corrected chi connectivity index (χ3v) is 3.09. The zero-order chi connectivity index (χ0) is 22.6. The van der Waals surface area contributed by atoms with E-state index in [1.807, 2.05) is 0 Å². The largest absolute Gasteiger partial charge is 0.447 e. The van der Waals surface area contributed by atoms with Crippen molar-refractivity contribution < 1.29 is 22.0 Å². The number of rotatable bonds is 5. The van der Waals surface area contributed by atoms with Gasteiger partial charge in [0, 0.05) is 33.2 Å². The number of H-pyrrole nitrogens is 1. The molecule has 1 amide bonds. The molecule has 0 radical (unpaired) electrons. The van der Waals surface area contributed by atoms with E-state index < -0.39 is 38.4 Å². The van der Waals surface area contributed by atoms with Gasteiger partial charge in [0.2, 0.25) is 0 Å². The number of hydrogen-bond donors (Lipinski definition) is 2. The summed E-state index contributed by atoms with van der Waals surface area (Å²) in [5.41, 5.74) is 0.442. The van der Waals surface area contributed by atoms with Gasteiger partial charge in [-0.1, -0.05) is 6.07 Å². The Balaban J connectivity index is 2.05. The highest BCUT2D eigenvalue weighted by Gasteiger charge is 2.22. The quantitative estimate of drug-likeness (QED) is 0.886. The summed E-state index contributed by atoms with van der Waals surface area (Å²) in [4.78, 5) is 13.3. The van der Waals surface area contributed by atoms with E-state index in [1.165, 1.54) is 31.4 Å². The second-order valence-electron chi connectivity index (χ2n) is 4.80. The molecule has 2 N–H and O–H groups in total. The van der Waals surface area contributed by atoms with Crippen LogP contribution >= 0.6 is 0 Å². The Morgan fingerprint density at radius 3 is 3.29 bits per heavy atom. The normalized spacial score (nSPS) is 27.0. The maximum Gasteiger partial charge on any atom is 0.407 e. The molecule has 5 heteroatoms. The first-order valence-electron chi connectivity index (χ1n) is 10.9. The topological polar surface area (TPSA) is 57.4 Å². The molecule has 5 nitrogen and oxygen atoms in total. The highest BCUT2D eigenvalue weighted by molar-refractivity contribution is 5.84. The van der Waals surface area contributed by atoms with Crippen molar-refractivity contribution in [3.8, 4) is 0 Å². The molecule has 3 rings (SSSR count). The lowest BCUT2D eigenvalue weighted by Crippen LogP contribution is -2.28. The Morgan fingerprint density at radius 2 is 2.52 bits per heavy atom. The zero-order valence-electron chi connectivity index (χ0n) is 20.5. The van der Waals surface area contributed by atoms with Gasteiger partial charge >= 0.3 is 6.09 Å². The molecule has 1 aromatic carbocycles. The molecule has 1 fully saturated rings. The number of nitrogens with zero attached hydrogens (tertiary/aromatic N) is 1. The molecular formula is C16H21N3O2. The standard InChI is InChI=1S/C16H21N3O2/c1-19(2)6-5-12-9-17-15-4-3-11(8-14(12)15)7-13-10-21-16(20)18-13/h3-4,8-9,13,17H,5-7,10H2,1-2H3,(H,18,20)/t13-/m0/s1/i1D3,5D2,7D2/hD2. The number of fused-ring (bicyclic) bond motifs is 1. The van der Waals surface area contributed by atoms with Gasteiger partial charge in [-0.3, -0.25) is 0 Å². The Labute approximate surface area is 137 Å². The Hall–Kier alpha value is -2.01. The van der Waals surface area contributed by atoms with Crippen LogP contribution in [0.15, 0.2) is 24.4 Å². The van der Waals surface area contributed by atoms with Gasteiger partial charge in [0.25, 0.3) is 0 Å². The number of aromatic nitrogens is 1. The fourth-order valence-electron chi connectivity index (χ4n) is 2.12. The molecule has 0 saturated carbocycles. The van der Waals surface area contributed by atoms with Crippen LogP contribution in [0.3, 0.4) is 0 Å². The highest BCUT2D eigenvalue weighted by Crippen LogP contribution is 2.21. The van der Waals surface area contributed by atoms with Crippen molar-refractivity contribution in [3.63, 3.8) is 0 Å². The molecule has 112 valence electrons. The van der Waals surface area contributed by atoms with Crippen molar-refractivity contribution in [2.45, 2.75) is 18.8 Å². The minimum atomic E-state index is -2.50. The fraction of sp³-hybridized carbons (Fsp3) is 0.438. The second kappa shape index (κ2) is 5.77. The summed E-state index contributed by atoms with van der Waals surface area (Å²) in [5.74, 6) is 0. The number of carbonyl (C=O) groups excluding carboxylic acids is 1. The number of ether oxygens (including phenoxy) is 1. The molecule has 1 aromatic heterocycles. The van der Waals surface area contributed by atoms with Crippen molar-refractivity contribution in [1.29, 1.82) is 0 Å². The summed E-state index contributed by atoms with van der Waals surface area (Å²) < 4.78 is 76.5. The lowest BCUT2D eigenvalue weighted by molar-refractivity contribution is 0.177. The lowest BCUT2D eigenvalue weighted by Gasteiger charge is -2.09. The van der Waals surface area contributed by atoms with Crippen molar-refractivity contribution >= 4 is 17.0 Å². The van der Waals surface area contributed by atoms with Crippen LogP contribution in [0.2, 0.25) is 2.82 Å². The molecule has 0 bridgehead atoms. The molecule has 0 unspecified atom stereocenters. The van der Waals surface area contributed by atoms with Gasteiger partial charge in [-0.05, 0) is 50.0 Å². The fourth-order valence-corrected chi connectivity index (χ4v) is 2.12. The number of carbonyl (C=O) groups is 1. The highest BCUT2D eigenvalue weighted by atomic mass is 16.6. The van der Waals surface area contributed by atoms with E-state index in [0.717, 1.165) is 9.88 Å². The van der Waals surface area contributed by atoms with Gasteiger partial charge in [0.15, 0.2) is 2.82 Å². The van der Waals surface area contributed by atoms with Crippen LogP contribution in [0.25, 0.3) is 10.9 Å². The van der Waals surface area contributed by atoms with Crippen LogP contribution in [-0.2, 0) is 17.5 Å². The van der Waals surface area contributed by atoms with Crippen LogP contribution in [0.1, 0.15) is 20.7 Å². The third kappa shape index (κ3) is 3.19. The minimum absolute atomic E-state index is 0.0442. The van der Waals surface area contributed by atoms with Crippen LogP contribution in [0, 0.1) is 0 Å². The van der Waals surface area contributed by atoms with Gasteiger partial charge in [-0.15, -0.1) is 0 Å². The minimum Gasteiger partial charge on any atom is -0.447 e.